The van der Waals surface area contributed by atoms with E-state index in [2.05, 4.69) is 31.0 Å². The molecule has 0 aromatic heterocycles. The number of nitrogens with zero attached hydrogens (tertiary/aromatic N) is 1. The maximum Gasteiger partial charge on any atom is 0.130 e. The van der Waals surface area contributed by atoms with E-state index in [0.717, 1.165) is 37.3 Å². The Kier molecular flexibility index (Phi) is 7.00. The Morgan fingerprint density at radius 2 is 1.90 bits per heavy atom. The van der Waals surface area contributed by atoms with Crippen molar-refractivity contribution in [3.63, 3.8) is 0 Å². The van der Waals surface area contributed by atoms with Crippen molar-refractivity contribution in [2.24, 2.45) is 5.92 Å². The third kappa shape index (κ3) is 4.20. The van der Waals surface area contributed by atoms with Crippen LogP contribution >= 0.6 is 0 Å². The number of hydrogen-bond donors (Lipinski definition) is 1. The van der Waals surface area contributed by atoms with Crippen molar-refractivity contribution < 1.29 is 4.39 Å². The van der Waals surface area contributed by atoms with Crippen LogP contribution in [0.15, 0.2) is 18.2 Å². The summed E-state index contributed by atoms with van der Waals surface area (Å²) in [5, 5.41) is 3.32. The van der Waals surface area contributed by atoms with E-state index < -0.39 is 0 Å². The first-order valence-corrected chi connectivity index (χ1v) is 7.81. The van der Waals surface area contributed by atoms with Crippen LogP contribution in [0.3, 0.4) is 0 Å². The lowest BCUT2D eigenvalue weighted by Gasteiger charge is -2.30. The van der Waals surface area contributed by atoms with Crippen molar-refractivity contribution in [3.8, 4) is 0 Å². The third-order valence-electron chi connectivity index (χ3n) is 3.92. The highest BCUT2D eigenvalue weighted by Crippen LogP contribution is 2.29. The van der Waals surface area contributed by atoms with Crippen LogP contribution in [-0.4, -0.2) is 19.6 Å². The van der Waals surface area contributed by atoms with Gasteiger partial charge in [0.15, 0.2) is 0 Å². The molecule has 0 radical (unpaired) electrons. The molecule has 114 valence electrons. The van der Waals surface area contributed by atoms with E-state index in [1.807, 2.05) is 26.0 Å². The maximum absolute atomic E-state index is 14.3. The Morgan fingerprint density at radius 1 is 1.20 bits per heavy atom. The van der Waals surface area contributed by atoms with Gasteiger partial charge >= 0.3 is 0 Å². The van der Waals surface area contributed by atoms with Crippen LogP contribution in [0.2, 0.25) is 0 Å². The molecular formula is C17H29FN2. The molecule has 0 spiro atoms. The molecule has 2 atom stereocenters. The Labute approximate surface area is 123 Å². The van der Waals surface area contributed by atoms with Gasteiger partial charge in [0, 0.05) is 30.4 Å². The molecule has 0 aliphatic carbocycles. The predicted octanol–water partition coefficient (Wildman–Crippen LogP) is 4.37. The van der Waals surface area contributed by atoms with Gasteiger partial charge in [-0.3, -0.25) is 0 Å². The fourth-order valence-electron chi connectivity index (χ4n) is 2.54. The molecule has 1 aromatic carbocycles. The number of hydrogen-bond acceptors (Lipinski definition) is 2. The highest BCUT2D eigenvalue weighted by Gasteiger charge is 2.19. The molecule has 0 bridgehead atoms. The molecule has 1 rings (SSSR count). The van der Waals surface area contributed by atoms with Crippen LogP contribution in [0.25, 0.3) is 0 Å². The second-order valence-corrected chi connectivity index (χ2v) is 5.50. The summed E-state index contributed by atoms with van der Waals surface area (Å²) in [7, 11) is 0. The Bertz CT molecular complexity index is 406. The van der Waals surface area contributed by atoms with Crippen LogP contribution in [-0.2, 0) is 0 Å². The van der Waals surface area contributed by atoms with Gasteiger partial charge in [0.2, 0.25) is 0 Å². The minimum Gasteiger partial charge on any atom is -0.371 e. The van der Waals surface area contributed by atoms with Crippen LogP contribution in [0, 0.1) is 11.7 Å². The van der Waals surface area contributed by atoms with Gasteiger partial charge in [-0.25, -0.2) is 4.39 Å². The standard InChI is InChI=1S/C17H29FN2/c1-6-13(4)12-20(8-3)16-11-9-10-15(18)17(16)14(5)19-7-2/h9-11,13-14,19H,6-8,12H2,1-5H3. The summed E-state index contributed by atoms with van der Waals surface area (Å²) in [5.74, 6) is 0.499. The number of benzene rings is 1. The largest absolute Gasteiger partial charge is 0.371 e. The van der Waals surface area contributed by atoms with E-state index >= 15 is 0 Å². The van der Waals surface area contributed by atoms with Gasteiger partial charge in [0.05, 0.1) is 0 Å². The lowest BCUT2D eigenvalue weighted by molar-refractivity contribution is 0.525. The summed E-state index contributed by atoms with van der Waals surface area (Å²) >= 11 is 0. The molecule has 0 fully saturated rings. The van der Waals surface area contributed by atoms with E-state index in [1.165, 1.54) is 0 Å². The second kappa shape index (κ2) is 8.25. The van der Waals surface area contributed by atoms with Gasteiger partial charge in [0.25, 0.3) is 0 Å². The fourth-order valence-corrected chi connectivity index (χ4v) is 2.54. The Hall–Kier alpha value is -1.09. The minimum absolute atomic E-state index is 0.0298. The van der Waals surface area contributed by atoms with E-state index in [4.69, 9.17) is 0 Å². The molecule has 0 heterocycles. The zero-order chi connectivity index (χ0) is 15.1. The summed E-state index contributed by atoms with van der Waals surface area (Å²) in [5.41, 5.74) is 1.82. The van der Waals surface area contributed by atoms with E-state index in [9.17, 15) is 4.39 Å². The van der Waals surface area contributed by atoms with Gasteiger partial charge in [-0.15, -0.1) is 0 Å². The topological polar surface area (TPSA) is 15.3 Å². The molecule has 1 aromatic rings. The maximum atomic E-state index is 14.3. The molecule has 0 amide bonds. The number of rotatable bonds is 8. The van der Waals surface area contributed by atoms with Crippen molar-refractivity contribution in [1.29, 1.82) is 0 Å². The molecule has 3 heteroatoms. The summed E-state index contributed by atoms with van der Waals surface area (Å²) in [4.78, 5) is 2.29. The molecule has 2 nitrogen and oxygen atoms in total. The van der Waals surface area contributed by atoms with E-state index in [0.29, 0.717) is 5.92 Å². The zero-order valence-corrected chi connectivity index (χ0v) is 13.5. The van der Waals surface area contributed by atoms with Crippen molar-refractivity contribution in [2.75, 3.05) is 24.5 Å². The third-order valence-corrected chi connectivity index (χ3v) is 3.92. The molecule has 0 aliphatic heterocycles. The summed E-state index contributed by atoms with van der Waals surface area (Å²) in [6, 6.07) is 5.44. The van der Waals surface area contributed by atoms with Crippen LogP contribution in [0.1, 0.15) is 52.6 Å². The molecule has 0 aliphatic rings. The van der Waals surface area contributed by atoms with Crippen molar-refractivity contribution in [1.82, 2.24) is 5.32 Å². The Morgan fingerprint density at radius 3 is 2.45 bits per heavy atom. The number of nitrogens with one attached hydrogen (secondary N) is 1. The van der Waals surface area contributed by atoms with Crippen molar-refractivity contribution in [3.05, 3.63) is 29.6 Å². The van der Waals surface area contributed by atoms with Crippen LogP contribution in [0.5, 0.6) is 0 Å². The zero-order valence-electron chi connectivity index (χ0n) is 13.5. The SMILES string of the molecule is CCNC(C)c1c(F)cccc1N(CC)CC(C)CC. The summed E-state index contributed by atoms with van der Waals surface area (Å²) in [6.45, 7) is 13.4. The smallest absolute Gasteiger partial charge is 0.130 e. The van der Waals surface area contributed by atoms with E-state index in [1.54, 1.807) is 6.07 Å². The summed E-state index contributed by atoms with van der Waals surface area (Å²) < 4.78 is 14.3. The first kappa shape index (κ1) is 17.0. The molecule has 0 saturated heterocycles. The normalized spacial score (nSPS) is 14.1. The molecule has 20 heavy (non-hydrogen) atoms. The lowest BCUT2D eigenvalue weighted by atomic mass is 10.0. The minimum atomic E-state index is -0.112. The predicted molar refractivity (Wildman–Crippen MR) is 85.8 cm³/mol. The lowest BCUT2D eigenvalue weighted by Crippen LogP contribution is -2.31. The average molecular weight is 280 g/mol. The van der Waals surface area contributed by atoms with Gasteiger partial charge < -0.3 is 10.2 Å². The van der Waals surface area contributed by atoms with Crippen LogP contribution < -0.4 is 10.2 Å². The Balaban J connectivity index is 3.11. The first-order chi connectivity index (χ1) is 9.54. The van der Waals surface area contributed by atoms with Crippen molar-refractivity contribution >= 4 is 5.69 Å². The van der Waals surface area contributed by atoms with Gasteiger partial charge in [0.1, 0.15) is 5.82 Å². The highest BCUT2D eigenvalue weighted by atomic mass is 19.1. The van der Waals surface area contributed by atoms with Gasteiger partial charge in [-0.1, -0.05) is 33.3 Å². The second-order valence-electron chi connectivity index (χ2n) is 5.50. The molecular weight excluding hydrogens is 251 g/mol. The first-order valence-electron chi connectivity index (χ1n) is 7.81. The van der Waals surface area contributed by atoms with Crippen molar-refractivity contribution in [2.45, 2.75) is 47.1 Å². The number of halogens is 1. The van der Waals surface area contributed by atoms with Gasteiger partial charge in [-0.2, -0.15) is 0 Å². The molecule has 2 unspecified atom stereocenters. The van der Waals surface area contributed by atoms with Gasteiger partial charge in [-0.05, 0) is 38.4 Å². The van der Waals surface area contributed by atoms with E-state index in [-0.39, 0.29) is 11.9 Å². The fraction of sp³-hybridized carbons (Fsp3) is 0.647. The quantitative estimate of drug-likeness (QED) is 0.760. The molecule has 1 N–H and O–H groups in total. The molecule has 0 saturated carbocycles. The monoisotopic (exact) mass is 280 g/mol. The number of anilines is 1. The average Bonchev–Trinajstić information content (AvgIpc) is 2.44. The highest BCUT2D eigenvalue weighted by molar-refractivity contribution is 5.55. The summed E-state index contributed by atoms with van der Waals surface area (Å²) in [6.07, 6.45) is 1.14. The van der Waals surface area contributed by atoms with Crippen LogP contribution in [0.4, 0.5) is 10.1 Å².